The molecular weight excluding hydrogens is 274 g/mol. The minimum atomic E-state index is -2.94. The van der Waals surface area contributed by atoms with Gasteiger partial charge in [0.05, 0.1) is 18.5 Å². The van der Waals surface area contributed by atoms with Crippen molar-refractivity contribution in [2.24, 2.45) is 0 Å². The fraction of sp³-hybridized carbons (Fsp3) is 0.333. The summed E-state index contributed by atoms with van der Waals surface area (Å²) in [5.41, 5.74) is -1.67. The van der Waals surface area contributed by atoms with Crippen LogP contribution in [0.2, 0.25) is 5.15 Å². The van der Waals surface area contributed by atoms with E-state index in [1.54, 1.807) is 0 Å². The number of methoxy groups -OCH3 is 1. The highest BCUT2D eigenvalue weighted by atomic mass is 35.5. The largest absolute Gasteiger partial charge is 0.469 e. The lowest BCUT2D eigenvalue weighted by Crippen LogP contribution is -2.09. The summed E-state index contributed by atoms with van der Waals surface area (Å²) in [6, 6.07) is 0.769. The number of nitro groups is 1. The molecule has 1 aromatic heterocycles. The van der Waals surface area contributed by atoms with E-state index in [1.165, 1.54) is 0 Å². The zero-order valence-corrected chi connectivity index (χ0v) is 9.78. The number of ether oxygens (including phenoxy) is 1. The molecule has 0 amide bonds. The maximum Gasteiger partial charge on any atom is 0.310 e. The van der Waals surface area contributed by atoms with Gasteiger partial charge < -0.3 is 4.74 Å². The van der Waals surface area contributed by atoms with Gasteiger partial charge in [-0.15, -0.1) is 0 Å². The molecule has 0 aliphatic rings. The summed E-state index contributed by atoms with van der Waals surface area (Å²) in [6.07, 6.45) is -3.48. The molecule has 0 unspecified atom stereocenters. The van der Waals surface area contributed by atoms with Crippen molar-refractivity contribution in [2.75, 3.05) is 7.11 Å². The first-order valence-electron chi connectivity index (χ1n) is 4.55. The highest BCUT2D eigenvalue weighted by Gasteiger charge is 2.25. The van der Waals surface area contributed by atoms with Crippen LogP contribution >= 0.6 is 11.6 Å². The van der Waals surface area contributed by atoms with E-state index in [-0.39, 0.29) is 5.56 Å². The van der Waals surface area contributed by atoms with Gasteiger partial charge in [-0.2, -0.15) is 0 Å². The zero-order chi connectivity index (χ0) is 13.9. The van der Waals surface area contributed by atoms with Crippen molar-refractivity contribution in [1.29, 1.82) is 0 Å². The van der Waals surface area contributed by atoms with Gasteiger partial charge >= 0.3 is 11.7 Å². The lowest BCUT2D eigenvalue weighted by Gasteiger charge is -2.06. The van der Waals surface area contributed by atoms with Gasteiger partial charge in [0.15, 0.2) is 0 Å². The van der Waals surface area contributed by atoms with E-state index in [0.29, 0.717) is 0 Å². The van der Waals surface area contributed by atoms with E-state index in [4.69, 9.17) is 11.6 Å². The Bertz CT molecular complexity index is 496. The van der Waals surface area contributed by atoms with Crippen LogP contribution in [0.25, 0.3) is 0 Å². The van der Waals surface area contributed by atoms with Gasteiger partial charge in [0.2, 0.25) is 5.15 Å². The molecule has 9 heteroatoms. The van der Waals surface area contributed by atoms with Crippen LogP contribution in [0.1, 0.15) is 17.7 Å². The third-order valence-electron chi connectivity index (χ3n) is 2.02. The monoisotopic (exact) mass is 280 g/mol. The molecule has 1 heterocycles. The van der Waals surface area contributed by atoms with Crippen molar-refractivity contribution in [1.82, 2.24) is 4.98 Å². The van der Waals surface area contributed by atoms with Crippen molar-refractivity contribution in [3.8, 4) is 0 Å². The standard InChI is InChI=1S/C9H7ClF2N2O4/c1-18-6(15)3-4-2-5(9(11)12)13-8(10)7(4)14(16)17/h2,9H,3H2,1H3. The van der Waals surface area contributed by atoms with Crippen LogP contribution in [0.4, 0.5) is 14.5 Å². The summed E-state index contributed by atoms with van der Waals surface area (Å²) >= 11 is 5.46. The number of carbonyl (C=O) groups is 1. The van der Waals surface area contributed by atoms with Crippen LogP contribution < -0.4 is 0 Å². The van der Waals surface area contributed by atoms with Crippen molar-refractivity contribution in [3.05, 3.63) is 32.6 Å². The quantitative estimate of drug-likeness (QED) is 0.366. The second-order valence-corrected chi connectivity index (χ2v) is 3.51. The van der Waals surface area contributed by atoms with Crippen LogP contribution in [0.15, 0.2) is 6.07 Å². The van der Waals surface area contributed by atoms with E-state index >= 15 is 0 Å². The van der Waals surface area contributed by atoms with Gasteiger partial charge in [0.25, 0.3) is 6.43 Å². The highest BCUT2D eigenvalue weighted by molar-refractivity contribution is 6.31. The fourth-order valence-corrected chi connectivity index (χ4v) is 1.53. The number of esters is 1. The maximum absolute atomic E-state index is 12.5. The summed E-state index contributed by atoms with van der Waals surface area (Å²) in [7, 11) is 1.07. The van der Waals surface area contributed by atoms with E-state index in [2.05, 4.69) is 9.72 Å². The van der Waals surface area contributed by atoms with E-state index < -0.39 is 40.3 Å². The van der Waals surface area contributed by atoms with Crippen molar-refractivity contribution < 1.29 is 23.2 Å². The molecule has 0 atom stereocenters. The van der Waals surface area contributed by atoms with Crippen LogP contribution in [0, 0.1) is 10.1 Å². The van der Waals surface area contributed by atoms with Crippen molar-refractivity contribution >= 4 is 23.3 Å². The topological polar surface area (TPSA) is 82.3 Å². The second-order valence-electron chi connectivity index (χ2n) is 3.16. The molecule has 1 aromatic rings. The van der Waals surface area contributed by atoms with Crippen molar-refractivity contribution in [2.45, 2.75) is 12.8 Å². The Morgan fingerprint density at radius 1 is 1.67 bits per heavy atom. The fourth-order valence-electron chi connectivity index (χ4n) is 1.24. The number of hydrogen-bond donors (Lipinski definition) is 0. The molecule has 0 N–H and O–H groups in total. The third kappa shape index (κ3) is 3.10. The van der Waals surface area contributed by atoms with Crippen LogP contribution in [0.3, 0.4) is 0 Å². The molecule has 0 spiro atoms. The molecule has 18 heavy (non-hydrogen) atoms. The zero-order valence-electron chi connectivity index (χ0n) is 9.02. The minimum Gasteiger partial charge on any atom is -0.469 e. The summed E-state index contributed by atoms with van der Waals surface area (Å²) in [5.74, 6) is -0.805. The summed E-state index contributed by atoms with van der Waals surface area (Å²) in [5, 5.41) is 10.1. The predicted octanol–water partition coefficient (Wildman–Crippen LogP) is 2.30. The highest BCUT2D eigenvalue weighted by Crippen LogP contribution is 2.31. The van der Waals surface area contributed by atoms with Crippen LogP contribution in [0.5, 0.6) is 0 Å². The Balaban J connectivity index is 3.33. The van der Waals surface area contributed by atoms with Gasteiger partial charge in [-0.3, -0.25) is 14.9 Å². The van der Waals surface area contributed by atoms with Crippen molar-refractivity contribution in [3.63, 3.8) is 0 Å². The average molecular weight is 281 g/mol. The Kier molecular flexibility index (Phi) is 4.49. The third-order valence-corrected chi connectivity index (χ3v) is 2.28. The molecule has 0 aliphatic carbocycles. The summed E-state index contributed by atoms with van der Waals surface area (Å²) < 4.78 is 29.3. The van der Waals surface area contributed by atoms with Gasteiger partial charge in [-0.05, 0) is 6.07 Å². The molecule has 0 saturated heterocycles. The van der Waals surface area contributed by atoms with Gasteiger partial charge in [-0.1, -0.05) is 11.6 Å². The smallest absolute Gasteiger partial charge is 0.310 e. The lowest BCUT2D eigenvalue weighted by atomic mass is 10.1. The number of nitrogens with zero attached hydrogens (tertiary/aromatic N) is 2. The molecule has 0 aromatic carbocycles. The normalized spacial score (nSPS) is 10.5. The number of halogens is 3. The second kappa shape index (κ2) is 5.67. The molecule has 0 aliphatic heterocycles. The Morgan fingerprint density at radius 2 is 2.28 bits per heavy atom. The van der Waals surface area contributed by atoms with E-state index in [9.17, 15) is 23.7 Å². The molecule has 98 valence electrons. The Morgan fingerprint density at radius 3 is 2.72 bits per heavy atom. The predicted molar refractivity (Wildman–Crippen MR) is 56.6 cm³/mol. The number of hydrogen-bond acceptors (Lipinski definition) is 5. The molecular formula is C9H7ClF2N2O4. The van der Waals surface area contributed by atoms with E-state index in [1.807, 2.05) is 0 Å². The first-order chi connectivity index (χ1) is 8.36. The molecule has 0 fully saturated rings. The SMILES string of the molecule is COC(=O)Cc1cc(C(F)F)nc(Cl)c1[N+](=O)[O-]. The molecule has 0 saturated carbocycles. The van der Waals surface area contributed by atoms with Crippen LogP contribution in [-0.2, 0) is 16.0 Å². The van der Waals surface area contributed by atoms with Crippen LogP contribution in [-0.4, -0.2) is 23.0 Å². The molecule has 1 rings (SSSR count). The number of alkyl halides is 2. The Hall–Kier alpha value is -1.83. The lowest BCUT2D eigenvalue weighted by molar-refractivity contribution is -0.385. The van der Waals surface area contributed by atoms with E-state index in [0.717, 1.165) is 13.2 Å². The summed E-state index contributed by atoms with van der Waals surface area (Å²) in [4.78, 5) is 24.1. The number of pyridine rings is 1. The minimum absolute atomic E-state index is 0.262. The first kappa shape index (κ1) is 14.2. The first-order valence-corrected chi connectivity index (χ1v) is 4.93. The number of aromatic nitrogens is 1. The average Bonchev–Trinajstić information content (AvgIpc) is 2.27. The van der Waals surface area contributed by atoms with Gasteiger partial charge in [0.1, 0.15) is 5.69 Å². The van der Waals surface area contributed by atoms with Gasteiger partial charge in [-0.25, -0.2) is 13.8 Å². The number of carbonyl (C=O) groups excluding carboxylic acids is 1. The molecule has 0 bridgehead atoms. The molecule has 0 radical (unpaired) electrons. The maximum atomic E-state index is 12.5. The Labute approximate surface area is 105 Å². The number of rotatable bonds is 4. The summed E-state index contributed by atoms with van der Waals surface area (Å²) in [6.45, 7) is 0. The van der Waals surface area contributed by atoms with Gasteiger partial charge in [0, 0.05) is 5.56 Å². The molecule has 6 nitrogen and oxygen atoms in total.